The molecule has 102 valence electrons. The Morgan fingerprint density at radius 2 is 2.16 bits per heavy atom. The number of rotatable bonds is 3. The molecule has 0 amide bonds. The second kappa shape index (κ2) is 4.82. The number of nitrogens with one attached hydrogen (secondary N) is 1. The first-order valence-electron chi connectivity index (χ1n) is 4.99. The van der Waals surface area contributed by atoms with Crippen LogP contribution in [0.4, 0.5) is 16.1 Å². The fourth-order valence-electron chi connectivity index (χ4n) is 1.32. The molecule has 19 heavy (non-hydrogen) atoms. The van der Waals surface area contributed by atoms with Crippen molar-refractivity contribution in [2.24, 2.45) is 0 Å². The number of hydrogen-bond acceptors (Lipinski definition) is 5. The number of benzene rings is 1. The minimum Gasteiger partial charge on any atom is -0.431 e. The van der Waals surface area contributed by atoms with Gasteiger partial charge in [0.15, 0.2) is 0 Å². The average Bonchev–Trinajstić information content (AvgIpc) is 2.68. The molecule has 6 nitrogen and oxygen atoms in total. The first-order chi connectivity index (χ1) is 8.79. The van der Waals surface area contributed by atoms with E-state index in [0.717, 1.165) is 12.1 Å². The topological polar surface area (TPSA) is 98.2 Å². The summed E-state index contributed by atoms with van der Waals surface area (Å²) in [6.45, 7) is 1.62. The van der Waals surface area contributed by atoms with Gasteiger partial charge in [0, 0.05) is 10.2 Å². The Kier molecular flexibility index (Phi) is 3.50. The molecule has 0 unspecified atom stereocenters. The molecule has 0 saturated heterocycles. The van der Waals surface area contributed by atoms with Crippen LogP contribution in [0.1, 0.15) is 5.69 Å². The molecule has 3 N–H and O–H groups in total. The SMILES string of the molecule is Cc1coc(NS(=O)(=O)c2cc(N)c(Br)cc2F)n1. The number of halogens is 2. The molecular formula is C10H9BrFN3O3S. The number of oxazole rings is 1. The fraction of sp³-hybridized carbons (Fsp3) is 0.100. The quantitative estimate of drug-likeness (QED) is 0.828. The second-order valence-electron chi connectivity index (χ2n) is 3.70. The smallest absolute Gasteiger partial charge is 0.309 e. The van der Waals surface area contributed by atoms with E-state index in [-0.39, 0.29) is 16.2 Å². The molecule has 0 aliphatic heterocycles. The molecule has 0 aliphatic rings. The molecular weight excluding hydrogens is 341 g/mol. The predicted octanol–water partition coefficient (Wildman–Crippen LogP) is 2.27. The summed E-state index contributed by atoms with van der Waals surface area (Å²) in [7, 11) is -4.15. The van der Waals surface area contributed by atoms with Gasteiger partial charge in [0.1, 0.15) is 17.0 Å². The van der Waals surface area contributed by atoms with Crippen molar-refractivity contribution < 1.29 is 17.2 Å². The van der Waals surface area contributed by atoms with Gasteiger partial charge >= 0.3 is 6.01 Å². The Bertz CT molecular complexity index is 730. The molecule has 1 aromatic heterocycles. The zero-order valence-corrected chi connectivity index (χ0v) is 12.0. The molecule has 0 bridgehead atoms. The maximum Gasteiger partial charge on any atom is 0.309 e. The highest BCUT2D eigenvalue weighted by atomic mass is 79.9. The van der Waals surface area contributed by atoms with Crippen molar-refractivity contribution >= 4 is 37.7 Å². The highest BCUT2D eigenvalue weighted by molar-refractivity contribution is 9.10. The summed E-state index contributed by atoms with van der Waals surface area (Å²) in [5.41, 5.74) is 6.14. The molecule has 1 heterocycles. The number of anilines is 2. The zero-order valence-electron chi connectivity index (χ0n) is 9.65. The Morgan fingerprint density at radius 3 is 2.74 bits per heavy atom. The minimum absolute atomic E-state index is 0.102. The van der Waals surface area contributed by atoms with Crippen molar-refractivity contribution in [3.05, 3.63) is 34.4 Å². The van der Waals surface area contributed by atoms with Gasteiger partial charge in [-0.25, -0.2) is 17.5 Å². The zero-order chi connectivity index (χ0) is 14.2. The summed E-state index contributed by atoms with van der Waals surface area (Å²) >= 11 is 3.01. The molecule has 0 spiro atoms. The number of aryl methyl sites for hydroxylation is 1. The standard InChI is InChI=1S/C10H9BrFN3O3S/c1-5-4-18-10(14-5)15-19(16,17)9-3-8(13)6(11)2-7(9)12/h2-4H,13H2,1H3,(H,14,15). The van der Waals surface area contributed by atoms with E-state index in [0.29, 0.717) is 5.69 Å². The third-order valence-electron chi connectivity index (χ3n) is 2.18. The summed E-state index contributed by atoms with van der Waals surface area (Å²) < 4.78 is 44.8. The number of nitrogens with zero attached hydrogens (tertiary/aromatic N) is 1. The van der Waals surface area contributed by atoms with E-state index in [4.69, 9.17) is 10.2 Å². The average molecular weight is 350 g/mol. The van der Waals surface area contributed by atoms with Crippen LogP contribution in [-0.2, 0) is 10.0 Å². The van der Waals surface area contributed by atoms with Crippen LogP contribution in [0.2, 0.25) is 0 Å². The van der Waals surface area contributed by atoms with Crippen molar-refractivity contribution in [3.63, 3.8) is 0 Å². The number of sulfonamides is 1. The number of nitrogens with two attached hydrogens (primary N) is 1. The van der Waals surface area contributed by atoms with E-state index in [1.807, 2.05) is 4.72 Å². The molecule has 1 aromatic carbocycles. The largest absolute Gasteiger partial charge is 0.431 e. The van der Waals surface area contributed by atoms with E-state index in [2.05, 4.69) is 20.9 Å². The van der Waals surface area contributed by atoms with Gasteiger partial charge in [-0.05, 0) is 35.0 Å². The summed E-state index contributed by atoms with van der Waals surface area (Å²) in [5, 5.41) is 0. The van der Waals surface area contributed by atoms with E-state index < -0.39 is 20.7 Å². The first kappa shape index (κ1) is 13.8. The van der Waals surface area contributed by atoms with Crippen molar-refractivity contribution in [1.82, 2.24) is 4.98 Å². The summed E-state index contributed by atoms with van der Waals surface area (Å²) in [6.07, 6.45) is 1.27. The van der Waals surface area contributed by atoms with Crippen LogP contribution >= 0.6 is 15.9 Å². The maximum absolute atomic E-state index is 13.7. The molecule has 0 aliphatic carbocycles. The van der Waals surface area contributed by atoms with Crippen LogP contribution in [0.25, 0.3) is 0 Å². The van der Waals surface area contributed by atoms with Crippen molar-refractivity contribution in [2.45, 2.75) is 11.8 Å². The lowest BCUT2D eigenvalue weighted by molar-refractivity contribution is 0.559. The van der Waals surface area contributed by atoms with Gasteiger partial charge in [0.25, 0.3) is 10.0 Å². The third kappa shape index (κ3) is 2.87. The van der Waals surface area contributed by atoms with E-state index in [1.165, 1.54) is 6.26 Å². The van der Waals surface area contributed by atoms with Gasteiger partial charge in [-0.3, -0.25) is 0 Å². The Labute approximate surface area is 117 Å². The van der Waals surface area contributed by atoms with Crippen molar-refractivity contribution in [1.29, 1.82) is 0 Å². The van der Waals surface area contributed by atoms with Crippen LogP contribution in [0.3, 0.4) is 0 Å². The second-order valence-corrected chi connectivity index (χ2v) is 6.21. The van der Waals surface area contributed by atoms with E-state index in [1.54, 1.807) is 6.92 Å². The monoisotopic (exact) mass is 349 g/mol. The predicted molar refractivity (Wildman–Crippen MR) is 70.6 cm³/mol. The maximum atomic E-state index is 13.7. The van der Waals surface area contributed by atoms with Crippen LogP contribution in [0.15, 0.2) is 32.2 Å². The van der Waals surface area contributed by atoms with Crippen LogP contribution in [0.5, 0.6) is 0 Å². The minimum atomic E-state index is -4.15. The summed E-state index contributed by atoms with van der Waals surface area (Å²) in [4.78, 5) is 3.19. The van der Waals surface area contributed by atoms with Crippen molar-refractivity contribution in [2.75, 3.05) is 10.5 Å². The lowest BCUT2D eigenvalue weighted by atomic mass is 10.3. The van der Waals surface area contributed by atoms with E-state index in [9.17, 15) is 12.8 Å². The van der Waals surface area contributed by atoms with Crippen LogP contribution in [-0.4, -0.2) is 13.4 Å². The lowest BCUT2D eigenvalue weighted by Crippen LogP contribution is -2.15. The number of nitrogen functional groups attached to an aromatic ring is 1. The lowest BCUT2D eigenvalue weighted by Gasteiger charge is -2.07. The first-order valence-corrected chi connectivity index (χ1v) is 7.26. The third-order valence-corrected chi connectivity index (χ3v) is 4.20. The van der Waals surface area contributed by atoms with Gasteiger partial charge in [0.2, 0.25) is 0 Å². The Hall–Kier alpha value is -1.61. The molecule has 0 atom stereocenters. The van der Waals surface area contributed by atoms with Crippen LogP contribution < -0.4 is 10.5 Å². The molecule has 0 radical (unpaired) electrons. The van der Waals surface area contributed by atoms with Crippen LogP contribution in [0, 0.1) is 12.7 Å². The van der Waals surface area contributed by atoms with Gasteiger partial charge < -0.3 is 10.2 Å². The normalized spacial score (nSPS) is 11.5. The molecule has 9 heteroatoms. The van der Waals surface area contributed by atoms with Gasteiger partial charge in [-0.15, -0.1) is 0 Å². The number of aromatic nitrogens is 1. The van der Waals surface area contributed by atoms with E-state index >= 15 is 0 Å². The van der Waals surface area contributed by atoms with Gasteiger partial charge in [-0.2, -0.15) is 4.98 Å². The van der Waals surface area contributed by atoms with Crippen molar-refractivity contribution in [3.8, 4) is 0 Å². The Morgan fingerprint density at radius 1 is 1.47 bits per heavy atom. The van der Waals surface area contributed by atoms with Gasteiger partial charge in [0.05, 0.1) is 5.69 Å². The highest BCUT2D eigenvalue weighted by Gasteiger charge is 2.22. The fourth-order valence-corrected chi connectivity index (χ4v) is 2.67. The highest BCUT2D eigenvalue weighted by Crippen LogP contribution is 2.27. The molecule has 2 aromatic rings. The molecule has 0 fully saturated rings. The molecule has 2 rings (SSSR count). The van der Waals surface area contributed by atoms with Gasteiger partial charge in [-0.1, -0.05) is 0 Å². The summed E-state index contributed by atoms with van der Waals surface area (Å²) in [5.74, 6) is -0.933. The Balaban J connectivity index is 2.42. The molecule has 0 saturated carbocycles. The number of hydrogen-bond donors (Lipinski definition) is 2. The summed E-state index contributed by atoms with van der Waals surface area (Å²) in [6, 6.07) is 1.75.